The molecule has 0 amide bonds. The Kier molecular flexibility index (Phi) is 3.10. The van der Waals surface area contributed by atoms with Crippen molar-refractivity contribution < 1.29 is 9.84 Å². The molecule has 2 nitrogen and oxygen atoms in total. The van der Waals surface area contributed by atoms with Crippen LogP contribution >= 0.6 is 0 Å². The minimum atomic E-state index is -0.623. The topological polar surface area (TPSA) is 29.5 Å². The summed E-state index contributed by atoms with van der Waals surface area (Å²) in [7, 11) is 0. The molecule has 1 aliphatic rings. The van der Waals surface area contributed by atoms with Crippen molar-refractivity contribution in [2.45, 2.75) is 19.1 Å². The first-order valence-corrected chi connectivity index (χ1v) is 6.42. The number of ether oxygens (including phenoxy) is 1. The molecule has 0 saturated carbocycles. The summed E-state index contributed by atoms with van der Waals surface area (Å²) in [5, 5.41) is 10.4. The van der Waals surface area contributed by atoms with Crippen LogP contribution in [0.1, 0.15) is 22.8 Å². The number of benzene rings is 2. The predicted molar refractivity (Wildman–Crippen MR) is 76.0 cm³/mol. The van der Waals surface area contributed by atoms with Gasteiger partial charge in [-0.25, -0.2) is 0 Å². The Balaban J connectivity index is 1.83. The van der Waals surface area contributed by atoms with Crippen LogP contribution in [0.25, 0.3) is 6.08 Å². The van der Waals surface area contributed by atoms with E-state index in [1.807, 2.05) is 67.6 Å². The van der Waals surface area contributed by atoms with Crippen molar-refractivity contribution in [3.8, 4) is 5.75 Å². The Labute approximate surface area is 113 Å². The van der Waals surface area contributed by atoms with Gasteiger partial charge in [0.05, 0.1) is 0 Å². The summed E-state index contributed by atoms with van der Waals surface area (Å²) in [5.41, 5.74) is 3.17. The zero-order valence-electron chi connectivity index (χ0n) is 10.8. The number of aryl methyl sites for hydroxylation is 1. The molecule has 0 aliphatic heterocycles. The summed E-state index contributed by atoms with van der Waals surface area (Å²) in [6.07, 6.45) is 2.95. The van der Waals surface area contributed by atoms with Crippen LogP contribution < -0.4 is 4.74 Å². The molecule has 1 aliphatic carbocycles. The quantitative estimate of drug-likeness (QED) is 0.886. The van der Waals surface area contributed by atoms with Gasteiger partial charge in [0.25, 0.3) is 0 Å². The largest absolute Gasteiger partial charge is 0.483 e. The number of aliphatic hydroxyl groups is 1. The molecule has 0 unspecified atom stereocenters. The summed E-state index contributed by atoms with van der Waals surface area (Å²) in [5.74, 6) is 0.777. The first kappa shape index (κ1) is 12.0. The number of hydrogen-bond acceptors (Lipinski definition) is 2. The molecule has 0 saturated heterocycles. The zero-order valence-corrected chi connectivity index (χ0v) is 10.8. The molecule has 0 heterocycles. The first-order valence-electron chi connectivity index (χ1n) is 6.42. The zero-order chi connectivity index (χ0) is 13.2. The lowest BCUT2D eigenvalue weighted by Gasteiger charge is -2.26. The van der Waals surface area contributed by atoms with Crippen molar-refractivity contribution in [3.63, 3.8) is 0 Å². The standard InChI is InChI=1S/C17H16O2/c1-12-6-9-14(10-7-12)19-16-11-8-13-4-2-3-5-15(13)17(16)18/h2-11,16-18H,1H3/t16-,17-/m1/s1. The Bertz CT molecular complexity index is 599. The molecule has 2 aromatic carbocycles. The Morgan fingerprint density at radius 3 is 2.53 bits per heavy atom. The third-order valence-corrected chi connectivity index (χ3v) is 3.38. The average Bonchev–Trinajstić information content (AvgIpc) is 2.45. The van der Waals surface area contributed by atoms with E-state index in [1.165, 1.54) is 5.56 Å². The second-order valence-electron chi connectivity index (χ2n) is 4.83. The normalized spacial score (nSPS) is 20.9. The van der Waals surface area contributed by atoms with Crippen molar-refractivity contribution in [3.05, 3.63) is 71.3 Å². The monoisotopic (exact) mass is 252 g/mol. The van der Waals surface area contributed by atoms with Gasteiger partial charge in [-0.3, -0.25) is 0 Å². The summed E-state index contributed by atoms with van der Waals surface area (Å²) in [6, 6.07) is 15.7. The van der Waals surface area contributed by atoms with Crippen molar-refractivity contribution >= 4 is 6.08 Å². The van der Waals surface area contributed by atoms with Crippen LogP contribution in [0.4, 0.5) is 0 Å². The van der Waals surface area contributed by atoms with Crippen molar-refractivity contribution in [1.29, 1.82) is 0 Å². The first-order chi connectivity index (χ1) is 9.24. The lowest BCUT2D eigenvalue weighted by molar-refractivity contribution is 0.0623. The van der Waals surface area contributed by atoms with Crippen LogP contribution in [-0.2, 0) is 0 Å². The van der Waals surface area contributed by atoms with Crippen molar-refractivity contribution in [1.82, 2.24) is 0 Å². The highest BCUT2D eigenvalue weighted by Crippen LogP contribution is 2.30. The van der Waals surface area contributed by atoms with E-state index in [0.717, 1.165) is 16.9 Å². The van der Waals surface area contributed by atoms with Gasteiger partial charge in [-0.1, -0.05) is 48.0 Å². The lowest BCUT2D eigenvalue weighted by atomic mass is 9.93. The fourth-order valence-electron chi connectivity index (χ4n) is 2.29. The molecule has 0 fully saturated rings. The molecule has 2 atom stereocenters. The van der Waals surface area contributed by atoms with Crippen molar-refractivity contribution in [2.24, 2.45) is 0 Å². The van der Waals surface area contributed by atoms with E-state index in [0.29, 0.717) is 0 Å². The SMILES string of the molecule is Cc1ccc(O[C@@H]2C=Cc3ccccc3[C@H]2O)cc1. The van der Waals surface area contributed by atoms with Crippen LogP contribution in [0.2, 0.25) is 0 Å². The Morgan fingerprint density at radius 2 is 1.74 bits per heavy atom. The molecule has 0 aromatic heterocycles. The van der Waals surface area contributed by atoms with Gasteiger partial charge in [0, 0.05) is 0 Å². The Hall–Kier alpha value is -2.06. The third-order valence-electron chi connectivity index (χ3n) is 3.38. The van der Waals surface area contributed by atoms with Gasteiger partial charge in [-0.05, 0) is 36.3 Å². The molecule has 0 radical (unpaired) electrons. The highest BCUT2D eigenvalue weighted by atomic mass is 16.5. The Morgan fingerprint density at radius 1 is 1.00 bits per heavy atom. The molecule has 3 rings (SSSR count). The van der Waals surface area contributed by atoms with Gasteiger partial charge in [0.1, 0.15) is 18.0 Å². The van der Waals surface area contributed by atoms with E-state index in [9.17, 15) is 5.11 Å². The fraction of sp³-hybridized carbons (Fsp3) is 0.176. The van der Waals surface area contributed by atoms with Crippen LogP contribution in [0.3, 0.4) is 0 Å². The van der Waals surface area contributed by atoms with E-state index in [4.69, 9.17) is 4.74 Å². The third kappa shape index (κ3) is 2.40. The molecular weight excluding hydrogens is 236 g/mol. The van der Waals surface area contributed by atoms with Crippen LogP contribution in [0, 0.1) is 6.92 Å². The fourth-order valence-corrected chi connectivity index (χ4v) is 2.29. The van der Waals surface area contributed by atoms with Gasteiger partial charge in [-0.2, -0.15) is 0 Å². The lowest BCUT2D eigenvalue weighted by Crippen LogP contribution is -2.25. The minimum Gasteiger partial charge on any atom is -0.483 e. The second kappa shape index (κ2) is 4.90. The highest BCUT2D eigenvalue weighted by Gasteiger charge is 2.25. The van der Waals surface area contributed by atoms with E-state index in [-0.39, 0.29) is 6.10 Å². The molecule has 19 heavy (non-hydrogen) atoms. The van der Waals surface area contributed by atoms with E-state index in [2.05, 4.69) is 0 Å². The molecule has 1 N–H and O–H groups in total. The smallest absolute Gasteiger partial charge is 0.147 e. The summed E-state index contributed by atoms with van der Waals surface area (Å²) in [6.45, 7) is 2.04. The van der Waals surface area contributed by atoms with Gasteiger partial charge in [-0.15, -0.1) is 0 Å². The van der Waals surface area contributed by atoms with E-state index in [1.54, 1.807) is 0 Å². The van der Waals surface area contributed by atoms with E-state index < -0.39 is 6.10 Å². The predicted octanol–water partition coefficient (Wildman–Crippen LogP) is 3.50. The highest BCUT2D eigenvalue weighted by molar-refractivity contribution is 5.58. The summed E-state index contributed by atoms with van der Waals surface area (Å²) >= 11 is 0. The van der Waals surface area contributed by atoms with Gasteiger partial charge in [0.2, 0.25) is 0 Å². The molecule has 96 valence electrons. The number of fused-ring (bicyclic) bond motifs is 1. The van der Waals surface area contributed by atoms with Crippen LogP contribution in [0.15, 0.2) is 54.6 Å². The number of hydrogen-bond donors (Lipinski definition) is 1. The summed E-state index contributed by atoms with van der Waals surface area (Å²) < 4.78 is 5.84. The maximum atomic E-state index is 10.4. The molecule has 0 bridgehead atoms. The molecular formula is C17H16O2. The number of aliphatic hydroxyl groups excluding tert-OH is 1. The molecule has 0 spiro atoms. The number of rotatable bonds is 2. The minimum absolute atomic E-state index is 0.336. The van der Waals surface area contributed by atoms with Crippen LogP contribution in [-0.4, -0.2) is 11.2 Å². The second-order valence-corrected chi connectivity index (χ2v) is 4.83. The van der Waals surface area contributed by atoms with Gasteiger partial charge >= 0.3 is 0 Å². The summed E-state index contributed by atoms with van der Waals surface area (Å²) in [4.78, 5) is 0. The van der Waals surface area contributed by atoms with E-state index >= 15 is 0 Å². The molecule has 2 heteroatoms. The van der Waals surface area contributed by atoms with Crippen molar-refractivity contribution in [2.75, 3.05) is 0 Å². The van der Waals surface area contributed by atoms with Crippen LogP contribution in [0.5, 0.6) is 5.75 Å². The molecule has 2 aromatic rings. The maximum Gasteiger partial charge on any atom is 0.147 e. The van der Waals surface area contributed by atoms with Gasteiger partial charge < -0.3 is 9.84 Å². The average molecular weight is 252 g/mol. The van der Waals surface area contributed by atoms with Gasteiger partial charge in [0.15, 0.2) is 0 Å². The maximum absolute atomic E-state index is 10.4.